The van der Waals surface area contributed by atoms with Gasteiger partial charge in [0, 0.05) is 27.5 Å². The van der Waals surface area contributed by atoms with Crippen molar-refractivity contribution in [2.75, 3.05) is 13.6 Å². The van der Waals surface area contributed by atoms with Gasteiger partial charge in [-0.15, -0.1) is 11.3 Å². The number of hydrogen-bond acceptors (Lipinski definition) is 3. The minimum atomic E-state index is 0.180. The van der Waals surface area contributed by atoms with Crippen LogP contribution in [0.15, 0.2) is 38.6 Å². The monoisotopic (exact) mass is 436 g/mol. The Kier molecular flexibility index (Phi) is 6.08. The van der Waals surface area contributed by atoms with Gasteiger partial charge in [0.05, 0.1) is 9.83 Å². The third kappa shape index (κ3) is 3.84. The van der Waals surface area contributed by atoms with Crippen molar-refractivity contribution >= 4 is 54.8 Å². The molecule has 1 heterocycles. The highest BCUT2D eigenvalue weighted by Crippen LogP contribution is 2.37. The van der Waals surface area contributed by atoms with Crippen molar-refractivity contribution < 1.29 is 0 Å². The molecule has 0 aliphatic carbocycles. The molecule has 0 spiro atoms. The average Bonchev–Trinajstić information content (AvgIpc) is 2.73. The van der Waals surface area contributed by atoms with E-state index in [0.717, 1.165) is 25.4 Å². The summed E-state index contributed by atoms with van der Waals surface area (Å²) >= 11 is 15.0. The molecule has 0 saturated carbocycles. The van der Waals surface area contributed by atoms with Crippen LogP contribution < -0.4 is 5.73 Å². The lowest BCUT2D eigenvalue weighted by atomic mass is 10.1. The number of hydrogen-bond donors (Lipinski definition) is 1. The Bertz CT molecular complexity index is 569. The summed E-state index contributed by atoms with van der Waals surface area (Å²) in [6.07, 6.45) is 0. The van der Waals surface area contributed by atoms with Crippen molar-refractivity contribution in [2.45, 2.75) is 12.6 Å². The minimum absolute atomic E-state index is 0.180. The van der Waals surface area contributed by atoms with E-state index in [1.165, 1.54) is 4.88 Å². The van der Waals surface area contributed by atoms with Gasteiger partial charge in [-0.05, 0) is 56.6 Å². The summed E-state index contributed by atoms with van der Waals surface area (Å²) in [4.78, 5) is 3.46. The van der Waals surface area contributed by atoms with Gasteiger partial charge in [0.2, 0.25) is 0 Å². The van der Waals surface area contributed by atoms with E-state index < -0.39 is 0 Å². The van der Waals surface area contributed by atoms with Crippen LogP contribution in [0, 0.1) is 0 Å². The number of thiophene rings is 1. The Balaban J connectivity index is 2.17. The maximum Gasteiger partial charge on any atom is 0.0843 e. The molecule has 2 aromatic rings. The van der Waals surface area contributed by atoms with Crippen molar-refractivity contribution in [3.63, 3.8) is 0 Å². The highest BCUT2D eigenvalue weighted by Gasteiger charge is 2.19. The summed E-state index contributed by atoms with van der Waals surface area (Å²) in [7, 11) is 2.07. The normalized spacial score (nSPS) is 12.9. The van der Waals surface area contributed by atoms with Crippen molar-refractivity contribution in [1.29, 1.82) is 0 Å². The van der Waals surface area contributed by atoms with Crippen LogP contribution in [0.3, 0.4) is 0 Å². The summed E-state index contributed by atoms with van der Waals surface area (Å²) in [6, 6.07) is 10.2. The van der Waals surface area contributed by atoms with E-state index in [9.17, 15) is 0 Å². The molecular formula is C14H15Br2ClN2S. The average molecular weight is 439 g/mol. The maximum absolute atomic E-state index is 6.22. The van der Waals surface area contributed by atoms with E-state index in [2.05, 4.69) is 49.9 Å². The first-order valence-corrected chi connectivity index (χ1v) is 8.89. The molecule has 0 aliphatic heterocycles. The fraction of sp³-hybridized carbons (Fsp3) is 0.286. The molecule has 1 aromatic carbocycles. The topological polar surface area (TPSA) is 29.3 Å². The lowest BCUT2D eigenvalue weighted by Gasteiger charge is -2.26. The number of halogens is 3. The molecule has 0 fully saturated rings. The minimum Gasteiger partial charge on any atom is -0.329 e. The molecule has 6 heteroatoms. The van der Waals surface area contributed by atoms with Crippen LogP contribution >= 0.6 is 54.8 Å². The van der Waals surface area contributed by atoms with Gasteiger partial charge in [-0.25, -0.2) is 0 Å². The maximum atomic E-state index is 6.22. The van der Waals surface area contributed by atoms with Crippen LogP contribution in [0.4, 0.5) is 0 Å². The standard InChI is InChI=1S/C14H15Br2ClN2S/c1-19(8-9-4-2-3-5-11(9)17)12(7-18)13-6-10(15)14(16)20-13/h2-6,12H,7-8,18H2,1H3. The smallest absolute Gasteiger partial charge is 0.0843 e. The zero-order valence-corrected chi connectivity index (χ0v) is 15.7. The zero-order valence-electron chi connectivity index (χ0n) is 10.9. The molecule has 0 bridgehead atoms. The molecular weight excluding hydrogens is 423 g/mol. The van der Waals surface area contributed by atoms with Gasteiger partial charge < -0.3 is 5.73 Å². The van der Waals surface area contributed by atoms with Crippen LogP contribution in [-0.4, -0.2) is 18.5 Å². The van der Waals surface area contributed by atoms with Gasteiger partial charge >= 0.3 is 0 Å². The number of nitrogens with two attached hydrogens (primary N) is 1. The molecule has 0 saturated heterocycles. The fourth-order valence-electron chi connectivity index (χ4n) is 2.05. The predicted octanol–water partition coefficient (Wildman–Crippen LogP) is 5.06. The van der Waals surface area contributed by atoms with Crippen molar-refractivity contribution in [3.05, 3.63) is 54.1 Å². The van der Waals surface area contributed by atoms with Gasteiger partial charge in [0.25, 0.3) is 0 Å². The Morgan fingerprint density at radius 3 is 2.60 bits per heavy atom. The second-order valence-electron chi connectivity index (χ2n) is 4.53. The van der Waals surface area contributed by atoms with E-state index >= 15 is 0 Å². The van der Waals surface area contributed by atoms with Gasteiger partial charge in [0.15, 0.2) is 0 Å². The number of nitrogens with zero attached hydrogens (tertiary/aromatic N) is 1. The lowest BCUT2D eigenvalue weighted by molar-refractivity contribution is 0.245. The summed E-state index contributed by atoms with van der Waals surface area (Å²) in [5, 5.41) is 0.795. The van der Waals surface area contributed by atoms with Crippen molar-refractivity contribution in [1.82, 2.24) is 4.90 Å². The van der Waals surface area contributed by atoms with Crippen LogP contribution in [0.2, 0.25) is 5.02 Å². The molecule has 1 unspecified atom stereocenters. The zero-order chi connectivity index (χ0) is 14.7. The Morgan fingerprint density at radius 2 is 2.05 bits per heavy atom. The summed E-state index contributed by atoms with van der Waals surface area (Å²) in [5.74, 6) is 0. The molecule has 1 atom stereocenters. The SMILES string of the molecule is CN(Cc1ccccc1Cl)C(CN)c1cc(Br)c(Br)s1. The van der Waals surface area contributed by atoms with Crippen LogP contribution in [0.1, 0.15) is 16.5 Å². The first-order chi connectivity index (χ1) is 9.52. The number of likely N-dealkylation sites (N-methyl/N-ethyl adjacent to an activating group) is 1. The third-order valence-electron chi connectivity index (χ3n) is 3.13. The highest BCUT2D eigenvalue weighted by molar-refractivity contribution is 9.13. The molecule has 2 rings (SSSR count). The number of benzene rings is 1. The van der Waals surface area contributed by atoms with Gasteiger partial charge in [-0.3, -0.25) is 4.90 Å². The van der Waals surface area contributed by atoms with Gasteiger partial charge in [0.1, 0.15) is 0 Å². The molecule has 2 N–H and O–H groups in total. The number of rotatable bonds is 5. The van der Waals surface area contributed by atoms with Crippen molar-refractivity contribution in [3.8, 4) is 0 Å². The first-order valence-electron chi connectivity index (χ1n) is 6.11. The van der Waals surface area contributed by atoms with Crippen molar-refractivity contribution in [2.24, 2.45) is 5.73 Å². The second-order valence-corrected chi connectivity index (χ2v) is 8.19. The van der Waals surface area contributed by atoms with Crippen LogP contribution in [0.25, 0.3) is 0 Å². The van der Waals surface area contributed by atoms with E-state index in [4.69, 9.17) is 17.3 Å². The first kappa shape index (κ1) is 16.5. The van der Waals surface area contributed by atoms with E-state index in [1.807, 2.05) is 24.3 Å². The molecule has 0 amide bonds. The molecule has 0 aliphatic rings. The highest BCUT2D eigenvalue weighted by atomic mass is 79.9. The quantitative estimate of drug-likeness (QED) is 0.707. The third-order valence-corrected chi connectivity index (χ3v) is 6.85. The van der Waals surface area contributed by atoms with Gasteiger partial charge in [-0.2, -0.15) is 0 Å². The second kappa shape index (κ2) is 7.38. The largest absolute Gasteiger partial charge is 0.329 e. The van der Waals surface area contributed by atoms with Crippen LogP contribution in [0.5, 0.6) is 0 Å². The summed E-state index contributed by atoms with van der Waals surface area (Å²) in [6.45, 7) is 1.34. The molecule has 1 aromatic heterocycles. The summed E-state index contributed by atoms with van der Waals surface area (Å²) in [5.41, 5.74) is 7.07. The fourth-order valence-corrected chi connectivity index (χ4v) is 4.51. The van der Waals surface area contributed by atoms with Crippen LogP contribution in [-0.2, 0) is 6.54 Å². The predicted molar refractivity (Wildman–Crippen MR) is 94.4 cm³/mol. The van der Waals surface area contributed by atoms with E-state index in [1.54, 1.807) is 11.3 Å². The van der Waals surface area contributed by atoms with E-state index in [-0.39, 0.29) is 6.04 Å². The Morgan fingerprint density at radius 1 is 1.35 bits per heavy atom. The molecule has 108 valence electrons. The Hall–Kier alpha value is 0.0900. The lowest BCUT2D eigenvalue weighted by Crippen LogP contribution is -2.29. The summed E-state index contributed by atoms with van der Waals surface area (Å²) < 4.78 is 2.17. The Labute approximate surface area is 145 Å². The molecule has 0 radical (unpaired) electrons. The van der Waals surface area contributed by atoms with Gasteiger partial charge in [-0.1, -0.05) is 29.8 Å². The molecule has 20 heavy (non-hydrogen) atoms. The van der Waals surface area contributed by atoms with E-state index in [0.29, 0.717) is 6.54 Å². The molecule has 2 nitrogen and oxygen atoms in total.